The number of nitrogens with one attached hydrogen (secondary N) is 1. The van der Waals surface area contributed by atoms with E-state index in [0.717, 1.165) is 18.4 Å². The number of benzene rings is 1. The first-order valence-electron chi connectivity index (χ1n) is 8.76. The van der Waals surface area contributed by atoms with Crippen molar-refractivity contribution in [2.75, 3.05) is 19.6 Å². The predicted octanol–water partition coefficient (Wildman–Crippen LogP) is 3.56. The molecule has 1 N–H and O–H groups in total. The highest BCUT2D eigenvalue weighted by Gasteiger charge is 2.27. The largest absolute Gasteiger partial charge is 0.445 e. The van der Waals surface area contributed by atoms with Gasteiger partial charge in [0.15, 0.2) is 0 Å². The monoisotopic (exact) mass is 348 g/mol. The van der Waals surface area contributed by atoms with Crippen LogP contribution in [0.3, 0.4) is 0 Å². The normalized spacial score (nSPS) is 17.7. The molecule has 0 spiro atoms. The predicted molar refractivity (Wildman–Crippen MR) is 95.2 cm³/mol. The van der Waals surface area contributed by atoms with Crippen LogP contribution in [0.15, 0.2) is 30.3 Å². The van der Waals surface area contributed by atoms with Crippen LogP contribution in [0.4, 0.5) is 9.59 Å². The van der Waals surface area contributed by atoms with Gasteiger partial charge in [-0.3, -0.25) is 0 Å². The molecule has 0 aromatic heterocycles. The molecule has 0 radical (unpaired) electrons. The summed E-state index contributed by atoms with van der Waals surface area (Å²) < 4.78 is 10.6. The van der Waals surface area contributed by atoms with Gasteiger partial charge in [0.2, 0.25) is 0 Å². The lowest BCUT2D eigenvalue weighted by molar-refractivity contribution is 0.0167. The summed E-state index contributed by atoms with van der Waals surface area (Å²) in [5.41, 5.74) is 0.454. The fourth-order valence-corrected chi connectivity index (χ4v) is 2.73. The third-order valence-electron chi connectivity index (χ3n) is 3.92. The Morgan fingerprint density at radius 2 is 1.96 bits per heavy atom. The molecule has 138 valence electrons. The molecule has 1 heterocycles. The molecule has 6 nitrogen and oxygen atoms in total. The highest BCUT2D eigenvalue weighted by atomic mass is 16.6. The van der Waals surface area contributed by atoms with Crippen LogP contribution in [0, 0.1) is 5.92 Å². The Morgan fingerprint density at radius 3 is 2.64 bits per heavy atom. The van der Waals surface area contributed by atoms with Crippen molar-refractivity contribution < 1.29 is 19.1 Å². The summed E-state index contributed by atoms with van der Waals surface area (Å²) in [5, 5.41) is 2.79. The van der Waals surface area contributed by atoms with E-state index < -0.39 is 11.7 Å². The summed E-state index contributed by atoms with van der Waals surface area (Å²) in [5.74, 6) is 0.213. The number of carbonyl (C=O) groups is 2. The smallest absolute Gasteiger partial charge is 0.410 e. The van der Waals surface area contributed by atoms with Gasteiger partial charge in [0.1, 0.15) is 12.2 Å². The van der Waals surface area contributed by atoms with E-state index in [1.165, 1.54) is 0 Å². The average Bonchev–Trinajstić information content (AvgIpc) is 2.58. The molecule has 1 saturated heterocycles. The lowest BCUT2D eigenvalue weighted by atomic mass is 9.98. The Kier molecular flexibility index (Phi) is 6.67. The van der Waals surface area contributed by atoms with Crippen molar-refractivity contribution in [2.45, 2.75) is 45.8 Å². The Hall–Kier alpha value is -2.24. The molecule has 0 saturated carbocycles. The third kappa shape index (κ3) is 7.03. The first-order chi connectivity index (χ1) is 11.8. The van der Waals surface area contributed by atoms with Crippen molar-refractivity contribution in [3.8, 4) is 0 Å². The third-order valence-corrected chi connectivity index (χ3v) is 3.92. The van der Waals surface area contributed by atoms with Crippen LogP contribution in [0.5, 0.6) is 0 Å². The van der Waals surface area contributed by atoms with E-state index in [-0.39, 0.29) is 18.6 Å². The van der Waals surface area contributed by atoms with Crippen LogP contribution >= 0.6 is 0 Å². The average molecular weight is 348 g/mol. The summed E-state index contributed by atoms with van der Waals surface area (Å²) in [4.78, 5) is 25.7. The van der Waals surface area contributed by atoms with Crippen LogP contribution in [-0.2, 0) is 16.1 Å². The van der Waals surface area contributed by atoms with Crippen molar-refractivity contribution in [1.29, 1.82) is 0 Å². The summed E-state index contributed by atoms with van der Waals surface area (Å²) in [7, 11) is 0. The Labute approximate surface area is 149 Å². The summed E-state index contributed by atoms with van der Waals surface area (Å²) in [6.07, 6.45) is 1.16. The zero-order valence-corrected chi connectivity index (χ0v) is 15.3. The molecule has 2 rings (SSSR count). The lowest BCUT2D eigenvalue weighted by Crippen LogP contribution is -2.45. The summed E-state index contributed by atoms with van der Waals surface area (Å²) in [6, 6.07) is 9.55. The van der Waals surface area contributed by atoms with E-state index in [1.807, 2.05) is 51.1 Å². The number of nitrogens with zero attached hydrogens (tertiary/aromatic N) is 1. The standard InChI is InChI=1S/C19H28N2O4/c1-19(2,3)25-18(23)21-11-7-10-16(13-21)12-20-17(22)24-14-15-8-5-4-6-9-15/h4-6,8-9,16H,7,10-14H2,1-3H3,(H,20,22)/t16-/m0/s1. The molecule has 25 heavy (non-hydrogen) atoms. The Bertz CT molecular complexity index is 569. The zero-order valence-electron chi connectivity index (χ0n) is 15.3. The number of carbonyl (C=O) groups excluding carboxylic acids is 2. The maximum atomic E-state index is 12.1. The number of hydrogen-bond donors (Lipinski definition) is 1. The van der Waals surface area contributed by atoms with Crippen LogP contribution in [0.25, 0.3) is 0 Å². The van der Waals surface area contributed by atoms with Gasteiger partial charge in [0.25, 0.3) is 0 Å². The molecule has 2 amide bonds. The number of rotatable bonds is 4. The number of alkyl carbamates (subject to hydrolysis) is 1. The highest BCUT2D eigenvalue weighted by molar-refractivity contribution is 5.68. The molecule has 0 aliphatic carbocycles. The topological polar surface area (TPSA) is 67.9 Å². The SMILES string of the molecule is CC(C)(C)OC(=O)N1CCC[C@@H](CNC(=O)OCc2ccccc2)C1. The first-order valence-corrected chi connectivity index (χ1v) is 8.76. The second-order valence-corrected chi connectivity index (χ2v) is 7.38. The van der Waals surface area contributed by atoms with E-state index in [9.17, 15) is 9.59 Å². The summed E-state index contributed by atoms with van der Waals surface area (Å²) >= 11 is 0. The van der Waals surface area contributed by atoms with Gasteiger partial charge in [-0.2, -0.15) is 0 Å². The molecule has 1 aromatic rings. The van der Waals surface area contributed by atoms with Gasteiger partial charge in [0, 0.05) is 19.6 Å². The van der Waals surface area contributed by atoms with Gasteiger partial charge < -0.3 is 19.7 Å². The maximum absolute atomic E-state index is 12.1. The highest BCUT2D eigenvalue weighted by Crippen LogP contribution is 2.19. The van der Waals surface area contributed by atoms with Crippen molar-refractivity contribution in [3.63, 3.8) is 0 Å². The summed E-state index contributed by atoms with van der Waals surface area (Å²) in [6.45, 7) is 7.61. The van der Waals surface area contributed by atoms with Crippen LogP contribution < -0.4 is 5.32 Å². The first kappa shape index (κ1) is 19.1. The van der Waals surface area contributed by atoms with Gasteiger partial charge in [-0.15, -0.1) is 0 Å². The van der Waals surface area contributed by atoms with Crippen molar-refractivity contribution in [1.82, 2.24) is 10.2 Å². The van der Waals surface area contributed by atoms with E-state index in [2.05, 4.69) is 5.32 Å². The van der Waals surface area contributed by atoms with Crippen LogP contribution in [0.2, 0.25) is 0 Å². The van der Waals surface area contributed by atoms with Crippen LogP contribution in [-0.4, -0.2) is 42.3 Å². The minimum absolute atomic E-state index is 0.213. The lowest BCUT2D eigenvalue weighted by Gasteiger charge is -2.34. The molecule has 1 fully saturated rings. The molecule has 1 aliphatic rings. The van der Waals surface area contributed by atoms with Gasteiger partial charge in [0.05, 0.1) is 0 Å². The molecular weight excluding hydrogens is 320 g/mol. The van der Waals surface area contributed by atoms with Crippen molar-refractivity contribution in [3.05, 3.63) is 35.9 Å². The van der Waals surface area contributed by atoms with Gasteiger partial charge in [-0.05, 0) is 45.1 Å². The maximum Gasteiger partial charge on any atom is 0.410 e. The molecule has 0 bridgehead atoms. The number of hydrogen-bond acceptors (Lipinski definition) is 4. The Morgan fingerprint density at radius 1 is 1.24 bits per heavy atom. The molecule has 1 atom stereocenters. The van der Waals surface area contributed by atoms with Crippen molar-refractivity contribution >= 4 is 12.2 Å². The van der Waals surface area contributed by atoms with E-state index >= 15 is 0 Å². The van der Waals surface area contributed by atoms with E-state index in [1.54, 1.807) is 4.90 Å². The van der Waals surface area contributed by atoms with E-state index in [4.69, 9.17) is 9.47 Å². The zero-order chi connectivity index (χ0) is 18.3. The fourth-order valence-electron chi connectivity index (χ4n) is 2.73. The Balaban J connectivity index is 1.71. The van der Waals surface area contributed by atoms with Gasteiger partial charge in [-0.1, -0.05) is 30.3 Å². The molecule has 1 aromatic carbocycles. The van der Waals surface area contributed by atoms with Gasteiger partial charge in [-0.25, -0.2) is 9.59 Å². The fraction of sp³-hybridized carbons (Fsp3) is 0.579. The minimum Gasteiger partial charge on any atom is -0.445 e. The molecule has 6 heteroatoms. The molecular formula is C19H28N2O4. The number of ether oxygens (including phenoxy) is 2. The van der Waals surface area contributed by atoms with E-state index in [0.29, 0.717) is 19.6 Å². The number of amides is 2. The van der Waals surface area contributed by atoms with Gasteiger partial charge >= 0.3 is 12.2 Å². The molecule has 1 aliphatic heterocycles. The quantitative estimate of drug-likeness (QED) is 0.903. The second kappa shape index (κ2) is 8.74. The van der Waals surface area contributed by atoms with Crippen LogP contribution in [0.1, 0.15) is 39.2 Å². The molecule has 0 unspecified atom stereocenters. The number of likely N-dealkylation sites (tertiary alicyclic amines) is 1. The number of piperidine rings is 1. The second-order valence-electron chi connectivity index (χ2n) is 7.38. The minimum atomic E-state index is -0.497. The van der Waals surface area contributed by atoms with Crippen molar-refractivity contribution in [2.24, 2.45) is 5.92 Å².